The van der Waals surface area contributed by atoms with Gasteiger partial charge in [0.2, 0.25) is 17.8 Å². The molecule has 0 amide bonds. The lowest BCUT2D eigenvalue weighted by Gasteiger charge is -2.32. The highest BCUT2D eigenvalue weighted by molar-refractivity contribution is 7.16. The lowest BCUT2D eigenvalue weighted by Crippen LogP contribution is -2.45. The molecule has 1 aromatic carbocycles. The van der Waals surface area contributed by atoms with E-state index in [-0.39, 0.29) is 0 Å². The van der Waals surface area contributed by atoms with Crippen LogP contribution < -0.4 is 15.5 Å². The van der Waals surface area contributed by atoms with Crippen LogP contribution in [0, 0.1) is 0 Å². The zero-order chi connectivity index (χ0) is 23.0. The quantitative estimate of drug-likeness (QED) is 0.460. The van der Waals surface area contributed by atoms with Crippen LogP contribution in [0.5, 0.6) is 0 Å². The van der Waals surface area contributed by atoms with Crippen molar-refractivity contribution in [3.63, 3.8) is 0 Å². The van der Waals surface area contributed by atoms with Crippen LogP contribution in [0.3, 0.4) is 0 Å². The van der Waals surface area contributed by atoms with Gasteiger partial charge in [-0.05, 0) is 18.2 Å². The molecule has 2 aromatic heterocycles. The van der Waals surface area contributed by atoms with Crippen molar-refractivity contribution >= 4 is 39.9 Å². The van der Waals surface area contributed by atoms with Gasteiger partial charge in [-0.25, -0.2) is 4.98 Å². The molecule has 170 valence electrons. The first-order chi connectivity index (χ1) is 16.1. The van der Waals surface area contributed by atoms with Crippen molar-refractivity contribution in [2.75, 3.05) is 48.8 Å². The second kappa shape index (κ2) is 10.8. The Balaban J connectivity index is 1.54. The molecule has 1 fully saturated rings. The minimum absolute atomic E-state index is 0.461. The number of rotatable bonds is 9. The van der Waals surface area contributed by atoms with E-state index in [2.05, 4.69) is 67.7 Å². The van der Waals surface area contributed by atoms with Gasteiger partial charge in [-0.2, -0.15) is 15.0 Å². The van der Waals surface area contributed by atoms with Crippen LogP contribution in [0.25, 0.3) is 5.57 Å². The standard InChI is InChI=1S/C24H28N8S/c1-4-5-9-18(2)20-17-26-24(33-20)30-22-27-21(25-16-19-10-7-6-8-11-19)28-23(29-22)32-14-12-31(3)13-15-32/h4-11,17H,1-2,12-16H2,3H3,(H2,25,26,27,28,29,30)/b9-5-. The predicted octanol–water partition coefficient (Wildman–Crippen LogP) is 4.19. The average molecular weight is 461 g/mol. The highest BCUT2D eigenvalue weighted by atomic mass is 32.1. The highest BCUT2D eigenvalue weighted by Gasteiger charge is 2.19. The highest BCUT2D eigenvalue weighted by Crippen LogP contribution is 2.27. The fourth-order valence-corrected chi connectivity index (χ4v) is 4.03. The molecule has 1 aliphatic rings. The fourth-order valence-electron chi connectivity index (χ4n) is 3.27. The van der Waals surface area contributed by atoms with E-state index >= 15 is 0 Å². The Morgan fingerprint density at radius 1 is 1.09 bits per heavy atom. The summed E-state index contributed by atoms with van der Waals surface area (Å²) in [5.41, 5.74) is 2.03. The molecule has 8 nitrogen and oxygen atoms in total. The zero-order valence-corrected chi connectivity index (χ0v) is 19.6. The third kappa shape index (κ3) is 6.24. The predicted molar refractivity (Wildman–Crippen MR) is 137 cm³/mol. The summed E-state index contributed by atoms with van der Waals surface area (Å²) in [4.78, 5) is 23.9. The van der Waals surface area contributed by atoms with Crippen LogP contribution in [-0.2, 0) is 6.54 Å². The summed E-state index contributed by atoms with van der Waals surface area (Å²) in [6.45, 7) is 12.1. The number of anilines is 4. The molecule has 9 heteroatoms. The molecule has 3 aromatic rings. The summed E-state index contributed by atoms with van der Waals surface area (Å²) in [7, 11) is 2.13. The van der Waals surface area contributed by atoms with Gasteiger partial charge in [0.05, 0.1) is 4.88 Å². The maximum absolute atomic E-state index is 4.69. The molecule has 0 bridgehead atoms. The number of hydrogen-bond donors (Lipinski definition) is 2. The van der Waals surface area contributed by atoms with E-state index in [4.69, 9.17) is 4.98 Å². The summed E-state index contributed by atoms with van der Waals surface area (Å²) in [6.07, 6.45) is 7.28. The first-order valence-electron chi connectivity index (χ1n) is 10.8. The molecule has 33 heavy (non-hydrogen) atoms. The van der Waals surface area contributed by atoms with E-state index in [0.29, 0.717) is 29.5 Å². The van der Waals surface area contributed by atoms with Gasteiger partial charge in [-0.15, -0.1) is 0 Å². The van der Waals surface area contributed by atoms with E-state index in [1.54, 1.807) is 12.3 Å². The molecule has 0 saturated carbocycles. The van der Waals surface area contributed by atoms with Crippen LogP contribution in [0.2, 0.25) is 0 Å². The molecule has 0 unspecified atom stereocenters. The number of likely N-dealkylation sites (N-methyl/N-ethyl adjacent to an activating group) is 1. The molecule has 0 spiro atoms. The minimum Gasteiger partial charge on any atom is -0.350 e. The Labute approximate surface area is 198 Å². The number of thiazole rings is 1. The fraction of sp³-hybridized carbons (Fsp3) is 0.250. The molecule has 1 saturated heterocycles. The van der Waals surface area contributed by atoms with Gasteiger partial charge in [0.1, 0.15) is 0 Å². The summed E-state index contributed by atoms with van der Waals surface area (Å²) >= 11 is 1.50. The van der Waals surface area contributed by atoms with Gasteiger partial charge in [-0.1, -0.05) is 73.1 Å². The van der Waals surface area contributed by atoms with Gasteiger partial charge in [0.25, 0.3) is 0 Å². The normalized spacial score (nSPS) is 14.4. The summed E-state index contributed by atoms with van der Waals surface area (Å²) in [6, 6.07) is 10.2. The Morgan fingerprint density at radius 2 is 1.85 bits per heavy atom. The van der Waals surface area contributed by atoms with Crippen LogP contribution in [-0.4, -0.2) is 58.1 Å². The number of benzene rings is 1. The number of allylic oxidation sites excluding steroid dienone is 4. The van der Waals surface area contributed by atoms with Gasteiger partial charge >= 0.3 is 0 Å². The third-order valence-electron chi connectivity index (χ3n) is 5.18. The van der Waals surface area contributed by atoms with E-state index in [9.17, 15) is 0 Å². The maximum Gasteiger partial charge on any atom is 0.235 e. The second-order valence-corrected chi connectivity index (χ2v) is 8.72. The van der Waals surface area contributed by atoms with Crippen molar-refractivity contribution in [1.29, 1.82) is 0 Å². The number of piperazine rings is 1. The first-order valence-corrected chi connectivity index (χ1v) is 11.6. The van der Waals surface area contributed by atoms with E-state index < -0.39 is 0 Å². The monoisotopic (exact) mass is 460 g/mol. The van der Waals surface area contributed by atoms with E-state index in [0.717, 1.165) is 42.2 Å². The molecular weight excluding hydrogens is 432 g/mol. The van der Waals surface area contributed by atoms with E-state index in [1.807, 2.05) is 30.4 Å². The number of nitrogens with zero attached hydrogens (tertiary/aromatic N) is 6. The topological polar surface area (TPSA) is 82.1 Å². The van der Waals surface area contributed by atoms with Crippen LogP contribution in [0.1, 0.15) is 10.4 Å². The maximum atomic E-state index is 4.69. The molecule has 3 heterocycles. The average Bonchev–Trinajstić information content (AvgIpc) is 3.31. The number of aromatic nitrogens is 4. The number of nitrogens with one attached hydrogen (secondary N) is 2. The van der Waals surface area contributed by atoms with Gasteiger partial charge < -0.3 is 15.1 Å². The third-order valence-corrected chi connectivity index (χ3v) is 6.17. The van der Waals surface area contributed by atoms with Gasteiger partial charge in [-0.3, -0.25) is 5.32 Å². The Morgan fingerprint density at radius 3 is 2.61 bits per heavy atom. The van der Waals surface area contributed by atoms with Crippen molar-refractivity contribution in [2.45, 2.75) is 6.54 Å². The molecular formula is C24H28N8S. The van der Waals surface area contributed by atoms with Crippen molar-refractivity contribution in [2.24, 2.45) is 0 Å². The van der Waals surface area contributed by atoms with Crippen molar-refractivity contribution in [3.05, 3.63) is 78.4 Å². The summed E-state index contributed by atoms with van der Waals surface area (Å²) < 4.78 is 0. The Kier molecular flexibility index (Phi) is 7.43. The second-order valence-electron chi connectivity index (χ2n) is 7.69. The molecule has 0 atom stereocenters. The Hall–Kier alpha value is -3.56. The molecule has 2 N–H and O–H groups in total. The van der Waals surface area contributed by atoms with Crippen molar-refractivity contribution < 1.29 is 0 Å². The smallest absolute Gasteiger partial charge is 0.235 e. The van der Waals surface area contributed by atoms with Crippen LogP contribution in [0.15, 0.2) is 67.9 Å². The lowest BCUT2D eigenvalue weighted by atomic mass is 10.2. The van der Waals surface area contributed by atoms with Crippen LogP contribution in [0.4, 0.5) is 23.0 Å². The van der Waals surface area contributed by atoms with Gasteiger partial charge in [0.15, 0.2) is 5.13 Å². The summed E-state index contributed by atoms with van der Waals surface area (Å²) in [5.74, 6) is 1.65. The molecule has 4 rings (SSSR count). The SMILES string of the molecule is C=C/C=C\C(=C)c1cnc(Nc2nc(NCc3ccccc3)nc(N3CCN(C)CC3)n2)s1. The molecule has 0 aliphatic carbocycles. The van der Waals surface area contributed by atoms with Gasteiger partial charge in [0, 0.05) is 38.9 Å². The summed E-state index contributed by atoms with van der Waals surface area (Å²) in [5, 5.41) is 7.27. The number of hydrogen-bond acceptors (Lipinski definition) is 9. The molecule has 0 radical (unpaired) electrons. The zero-order valence-electron chi connectivity index (χ0n) is 18.7. The minimum atomic E-state index is 0.461. The van der Waals surface area contributed by atoms with Crippen molar-refractivity contribution in [3.8, 4) is 0 Å². The molecule has 1 aliphatic heterocycles. The van der Waals surface area contributed by atoms with E-state index in [1.165, 1.54) is 11.3 Å². The largest absolute Gasteiger partial charge is 0.350 e. The van der Waals surface area contributed by atoms with Crippen LogP contribution >= 0.6 is 11.3 Å². The van der Waals surface area contributed by atoms with Crippen molar-refractivity contribution in [1.82, 2.24) is 24.8 Å². The first kappa shape index (κ1) is 22.6. The Bertz CT molecular complexity index is 1120. The lowest BCUT2D eigenvalue weighted by molar-refractivity contribution is 0.311.